The summed E-state index contributed by atoms with van der Waals surface area (Å²) in [6, 6.07) is 4.73. The molecule has 90 valence electrons. The summed E-state index contributed by atoms with van der Waals surface area (Å²) in [7, 11) is 0. The Kier molecular flexibility index (Phi) is 4.77. The molecule has 2 unspecified atom stereocenters. The number of aliphatic hydroxyl groups excluding tert-OH is 1. The van der Waals surface area contributed by atoms with E-state index >= 15 is 0 Å². The van der Waals surface area contributed by atoms with Gasteiger partial charge in [-0.3, -0.25) is 0 Å². The first-order valence-corrected chi connectivity index (χ1v) is 5.79. The number of phenols is 1. The number of hydrogen-bond donors (Lipinski definition) is 3. The van der Waals surface area contributed by atoms with Gasteiger partial charge in [0.1, 0.15) is 5.75 Å². The number of aryl methyl sites for hydroxylation is 1. The molecule has 0 aliphatic rings. The summed E-state index contributed by atoms with van der Waals surface area (Å²) in [5.41, 5.74) is 7.60. The molecule has 0 spiro atoms. The highest BCUT2D eigenvalue weighted by Crippen LogP contribution is 2.25. The zero-order chi connectivity index (χ0) is 12.1. The zero-order valence-corrected chi connectivity index (χ0v) is 9.98. The number of rotatable bonds is 5. The van der Waals surface area contributed by atoms with Crippen LogP contribution in [0.25, 0.3) is 0 Å². The minimum atomic E-state index is -0.696. The Morgan fingerprint density at radius 2 is 2.06 bits per heavy atom. The van der Waals surface area contributed by atoms with Crippen molar-refractivity contribution < 1.29 is 10.2 Å². The van der Waals surface area contributed by atoms with Gasteiger partial charge >= 0.3 is 0 Å². The lowest BCUT2D eigenvalue weighted by atomic mass is 9.95. The van der Waals surface area contributed by atoms with Crippen molar-refractivity contribution in [2.75, 3.05) is 0 Å². The van der Waals surface area contributed by atoms with Gasteiger partial charge in [0.05, 0.1) is 6.10 Å². The van der Waals surface area contributed by atoms with Crippen molar-refractivity contribution in [1.29, 1.82) is 0 Å². The largest absolute Gasteiger partial charge is 0.508 e. The third-order valence-electron chi connectivity index (χ3n) is 2.88. The molecule has 1 aromatic carbocycles. The van der Waals surface area contributed by atoms with E-state index in [1.807, 2.05) is 6.92 Å². The molecule has 0 aliphatic heterocycles. The summed E-state index contributed by atoms with van der Waals surface area (Å²) in [5.74, 6) is 0.169. The highest BCUT2D eigenvalue weighted by molar-refractivity contribution is 5.36. The molecule has 1 aromatic rings. The van der Waals surface area contributed by atoms with Crippen LogP contribution in [0.2, 0.25) is 0 Å². The highest BCUT2D eigenvalue weighted by atomic mass is 16.3. The van der Waals surface area contributed by atoms with E-state index in [1.165, 1.54) is 0 Å². The molecule has 0 radical (unpaired) electrons. The summed E-state index contributed by atoms with van der Waals surface area (Å²) in [6.07, 6.45) is 2.18. The third-order valence-corrected chi connectivity index (χ3v) is 2.88. The molecule has 2 atom stereocenters. The molecule has 0 saturated carbocycles. The summed E-state index contributed by atoms with van der Waals surface area (Å²) in [6.45, 7) is 4.00. The van der Waals surface area contributed by atoms with Crippen LogP contribution >= 0.6 is 0 Å². The van der Waals surface area contributed by atoms with E-state index < -0.39 is 6.10 Å². The lowest BCUT2D eigenvalue weighted by molar-refractivity contribution is 0.140. The second-order valence-corrected chi connectivity index (χ2v) is 4.29. The van der Waals surface area contributed by atoms with Gasteiger partial charge < -0.3 is 15.9 Å². The minimum Gasteiger partial charge on any atom is -0.508 e. The van der Waals surface area contributed by atoms with Gasteiger partial charge in [-0.15, -0.1) is 0 Å². The maximum absolute atomic E-state index is 10.1. The molecule has 1 rings (SSSR count). The quantitative estimate of drug-likeness (QED) is 0.717. The van der Waals surface area contributed by atoms with Gasteiger partial charge in [0, 0.05) is 6.04 Å². The maximum Gasteiger partial charge on any atom is 0.115 e. The first kappa shape index (κ1) is 13.0. The van der Waals surface area contributed by atoms with Crippen molar-refractivity contribution >= 4 is 0 Å². The Morgan fingerprint density at radius 3 is 2.69 bits per heavy atom. The highest BCUT2D eigenvalue weighted by Gasteiger charge is 2.18. The molecule has 16 heavy (non-hydrogen) atoms. The predicted molar refractivity (Wildman–Crippen MR) is 65.3 cm³/mol. The summed E-state index contributed by atoms with van der Waals surface area (Å²) < 4.78 is 0. The second-order valence-electron chi connectivity index (χ2n) is 4.29. The van der Waals surface area contributed by atoms with Crippen molar-refractivity contribution in [3.63, 3.8) is 0 Å². The van der Waals surface area contributed by atoms with Crippen LogP contribution in [0.3, 0.4) is 0 Å². The lowest BCUT2D eigenvalue weighted by Gasteiger charge is -2.20. The fourth-order valence-corrected chi connectivity index (χ4v) is 1.77. The van der Waals surface area contributed by atoms with Crippen LogP contribution in [-0.2, 0) is 0 Å². The van der Waals surface area contributed by atoms with Gasteiger partial charge in [0.15, 0.2) is 0 Å². The topological polar surface area (TPSA) is 66.5 Å². The number of phenolic OH excluding ortho intramolecular Hbond substituents is 1. The van der Waals surface area contributed by atoms with Crippen LogP contribution in [0.1, 0.15) is 43.4 Å². The summed E-state index contributed by atoms with van der Waals surface area (Å²) in [5, 5.41) is 19.5. The van der Waals surface area contributed by atoms with Crippen LogP contribution in [-0.4, -0.2) is 16.3 Å². The average Bonchev–Trinajstić information content (AvgIpc) is 2.28. The van der Waals surface area contributed by atoms with Gasteiger partial charge in [0.25, 0.3) is 0 Å². The van der Waals surface area contributed by atoms with Crippen molar-refractivity contribution in [3.8, 4) is 5.75 Å². The van der Waals surface area contributed by atoms with Crippen molar-refractivity contribution in [2.45, 2.75) is 45.3 Å². The lowest BCUT2D eigenvalue weighted by Crippen LogP contribution is -2.28. The van der Waals surface area contributed by atoms with Crippen molar-refractivity contribution in [3.05, 3.63) is 29.3 Å². The minimum absolute atomic E-state index is 0.169. The fraction of sp³-hybridized carbons (Fsp3) is 0.538. The number of hydrogen-bond acceptors (Lipinski definition) is 3. The predicted octanol–water partition coefficient (Wildman–Crippen LogP) is 2.25. The number of benzene rings is 1. The van der Waals surface area contributed by atoms with Gasteiger partial charge in [-0.25, -0.2) is 0 Å². The molecule has 0 fully saturated rings. The molecule has 0 saturated heterocycles. The number of unbranched alkanes of at least 4 members (excludes halogenated alkanes) is 1. The van der Waals surface area contributed by atoms with Crippen LogP contribution in [0.4, 0.5) is 0 Å². The Bertz CT molecular complexity index is 339. The van der Waals surface area contributed by atoms with Gasteiger partial charge in [0.2, 0.25) is 0 Å². The first-order chi connectivity index (χ1) is 7.56. The third kappa shape index (κ3) is 3.22. The SMILES string of the molecule is CCCCC(N)C(O)c1cc(O)ccc1C. The monoisotopic (exact) mass is 223 g/mol. The molecular formula is C13H21NO2. The van der Waals surface area contributed by atoms with Gasteiger partial charge in [-0.1, -0.05) is 25.8 Å². The molecule has 4 N–H and O–H groups in total. The van der Waals surface area contributed by atoms with E-state index in [9.17, 15) is 10.2 Å². The van der Waals surface area contributed by atoms with Crippen LogP contribution in [0.5, 0.6) is 5.75 Å². The molecule has 0 bridgehead atoms. The molecule has 0 aromatic heterocycles. The summed E-state index contributed by atoms with van der Waals surface area (Å²) >= 11 is 0. The van der Waals surface area contributed by atoms with Crippen molar-refractivity contribution in [2.24, 2.45) is 5.73 Å². The zero-order valence-electron chi connectivity index (χ0n) is 9.98. The van der Waals surface area contributed by atoms with Gasteiger partial charge in [-0.05, 0) is 36.6 Å². The van der Waals surface area contributed by atoms with E-state index in [0.717, 1.165) is 30.4 Å². The normalized spacial score (nSPS) is 14.8. The van der Waals surface area contributed by atoms with Crippen LogP contribution in [0, 0.1) is 6.92 Å². The van der Waals surface area contributed by atoms with Crippen LogP contribution < -0.4 is 5.73 Å². The number of aromatic hydroxyl groups is 1. The Labute approximate surface area is 96.9 Å². The van der Waals surface area contributed by atoms with Crippen molar-refractivity contribution in [1.82, 2.24) is 0 Å². The van der Waals surface area contributed by atoms with Gasteiger partial charge in [-0.2, -0.15) is 0 Å². The Hall–Kier alpha value is -1.06. The first-order valence-electron chi connectivity index (χ1n) is 5.79. The molecule has 0 heterocycles. The fourth-order valence-electron chi connectivity index (χ4n) is 1.77. The second kappa shape index (κ2) is 5.87. The molecule has 0 amide bonds. The van der Waals surface area contributed by atoms with E-state index in [-0.39, 0.29) is 11.8 Å². The molecule has 0 aliphatic carbocycles. The standard InChI is InChI=1S/C13H21NO2/c1-3-4-5-12(14)13(16)11-8-10(15)7-6-9(11)2/h6-8,12-13,15-16H,3-5,14H2,1-2H3. The average molecular weight is 223 g/mol. The van der Waals surface area contributed by atoms with E-state index in [1.54, 1.807) is 18.2 Å². The summed E-state index contributed by atoms with van der Waals surface area (Å²) in [4.78, 5) is 0. The Morgan fingerprint density at radius 1 is 1.38 bits per heavy atom. The maximum atomic E-state index is 10.1. The number of nitrogens with two attached hydrogens (primary N) is 1. The Balaban J connectivity index is 2.78. The number of aliphatic hydroxyl groups is 1. The van der Waals surface area contributed by atoms with Crippen LogP contribution in [0.15, 0.2) is 18.2 Å². The van der Waals surface area contributed by atoms with E-state index in [2.05, 4.69) is 6.92 Å². The van der Waals surface area contributed by atoms with E-state index in [4.69, 9.17) is 5.73 Å². The smallest absolute Gasteiger partial charge is 0.115 e. The molecule has 3 heteroatoms. The van der Waals surface area contributed by atoms with E-state index in [0.29, 0.717) is 0 Å². The molecular weight excluding hydrogens is 202 g/mol. The molecule has 3 nitrogen and oxygen atoms in total.